The van der Waals surface area contributed by atoms with Crippen molar-refractivity contribution < 1.29 is 4.79 Å². The summed E-state index contributed by atoms with van der Waals surface area (Å²) in [5.41, 5.74) is 1.33. The van der Waals surface area contributed by atoms with Gasteiger partial charge >= 0.3 is 0 Å². The van der Waals surface area contributed by atoms with Crippen LogP contribution in [0.1, 0.15) is 26.6 Å². The van der Waals surface area contributed by atoms with E-state index in [1.165, 1.54) is 11.8 Å². The second-order valence-electron chi connectivity index (χ2n) is 5.82. The number of carbonyl (C=O) groups is 1. The van der Waals surface area contributed by atoms with Gasteiger partial charge in [-0.25, -0.2) is 4.98 Å². The fourth-order valence-corrected chi connectivity index (χ4v) is 3.34. The third-order valence-electron chi connectivity index (χ3n) is 3.62. The van der Waals surface area contributed by atoms with Crippen LogP contribution in [0.25, 0.3) is 11.0 Å². The van der Waals surface area contributed by atoms with Crippen molar-refractivity contribution >= 4 is 28.7 Å². The lowest BCUT2D eigenvalue weighted by atomic mass is 10.1. The number of imidazole rings is 1. The van der Waals surface area contributed by atoms with Crippen LogP contribution in [0.2, 0.25) is 0 Å². The largest absolute Gasteiger partial charge is 0.343 e. The highest BCUT2D eigenvalue weighted by Gasteiger charge is 2.27. The zero-order valence-corrected chi connectivity index (χ0v) is 14.6. The molecule has 3 aromatic rings. The molecule has 0 spiro atoms. The van der Waals surface area contributed by atoms with Gasteiger partial charge in [0.25, 0.3) is 0 Å². The molecule has 24 heavy (non-hydrogen) atoms. The van der Waals surface area contributed by atoms with Crippen molar-refractivity contribution in [2.45, 2.75) is 38.0 Å². The quantitative estimate of drug-likeness (QED) is 0.660. The van der Waals surface area contributed by atoms with Gasteiger partial charge in [-0.15, -0.1) is 10.2 Å². The second-order valence-corrected chi connectivity index (χ2v) is 6.77. The first kappa shape index (κ1) is 16.4. The lowest BCUT2D eigenvalue weighted by Gasteiger charge is -2.22. The summed E-state index contributed by atoms with van der Waals surface area (Å²) in [5.74, 6) is 0.607. The molecule has 126 valence electrons. The van der Waals surface area contributed by atoms with Crippen LogP contribution in [0.5, 0.6) is 0 Å². The highest BCUT2D eigenvalue weighted by atomic mass is 32.2. The summed E-state index contributed by atoms with van der Waals surface area (Å²) in [6.45, 7) is 6.54. The maximum atomic E-state index is 12.3. The van der Waals surface area contributed by atoms with E-state index in [1.807, 2.05) is 38.1 Å². The van der Waals surface area contributed by atoms with Crippen LogP contribution in [0.3, 0.4) is 0 Å². The summed E-state index contributed by atoms with van der Waals surface area (Å²) in [5, 5.41) is 17.5. The van der Waals surface area contributed by atoms with Crippen molar-refractivity contribution in [3.05, 3.63) is 30.1 Å². The van der Waals surface area contributed by atoms with Gasteiger partial charge in [0.2, 0.25) is 5.91 Å². The van der Waals surface area contributed by atoms with E-state index in [-0.39, 0.29) is 11.7 Å². The van der Waals surface area contributed by atoms with Crippen LogP contribution in [-0.2, 0) is 16.9 Å². The fraction of sp³-hybridized carbons (Fsp3) is 0.400. The van der Waals surface area contributed by atoms with Gasteiger partial charge < -0.3 is 9.88 Å². The minimum Gasteiger partial charge on any atom is -0.343 e. The number of rotatable bonds is 6. The van der Waals surface area contributed by atoms with Crippen LogP contribution >= 0.6 is 11.8 Å². The van der Waals surface area contributed by atoms with Gasteiger partial charge in [0, 0.05) is 6.54 Å². The van der Waals surface area contributed by atoms with Gasteiger partial charge in [-0.3, -0.25) is 4.79 Å². The molecule has 0 aliphatic rings. The van der Waals surface area contributed by atoms with E-state index in [2.05, 4.69) is 42.4 Å². The Morgan fingerprint density at radius 1 is 1.38 bits per heavy atom. The number of benzene rings is 1. The van der Waals surface area contributed by atoms with Crippen LogP contribution in [0.15, 0.2) is 29.4 Å². The molecule has 1 amide bonds. The highest BCUT2D eigenvalue weighted by molar-refractivity contribution is 7.99. The van der Waals surface area contributed by atoms with E-state index in [0.717, 1.165) is 22.7 Å². The molecular formula is C15H19N7OS. The number of H-pyrrole nitrogens is 1. The Balaban J connectivity index is 1.68. The molecule has 0 radical (unpaired) electrons. The van der Waals surface area contributed by atoms with Crippen LogP contribution < -0.4 is 5.32 Å². The first-order valence-corrected chi connectivity index (χ1v) is 8.63. The topological polar surface area (TPSA) is 101 Å². The first-order chi connectivity index (χ1) is 11.5. The number of tetrazole rings is 1. The summed E-state index contributed by atoms with van der Waals surface area (Å²) in [6.07, 6.45) is 0. The first-order valence-electron chi connectivity index (χ1n) is 7.64. The molecule has 0 fully saturated rings. The van der Waals surface area contributed by atoms with Crippen LogP contribution in [0.4, 0.5) is 0 Å². The molecule has 2 aromatic heterocycles. The molecule has 2 heterocycles. The van der Waals surface area contributed by atoms with Gasteiger partial charge in [-0.05, 0) is 32.9 Å². The number of hydrogen-bond acceptors (Lipinski definition) is 6. The monoisotopic (exact) mass is 345 g/mol. The lowest BCUT2D eigenvalue weighted by molar-refractivity contribution is -0.120. The number of amides is 1. The number of aromatic amines is 1. The zero-order chi connectivity index (χ0) is 17.2. The summed E-state index contributed by atoms with van der Waals surface area (Å²) < 4.78 is 2.11. The number of nitrogens with zero attached hydrogens (tertiary/aromatic N) is 5. The zero-order valence-electron chi connectivity index (χ0n) is 13.8. The Labute approximate surface area is 143 Å². The Hall–Kier alpha value is -2.42. The predicted octanol–water partition coefficient (Wildman–Crippen LogP) is 1.71. The minimum absolute atomic E-state index is 0.107. The predicted molar refractivity (Wildman–Crippen MR) is 91.5 cm³/mol. The molecule has 0 unspecified atom stereocenters. The molecule has 8 nitrogen and oxygen atoms in total. The Kier molecular flexibility index (Phi) is 4.52. The molecule has 9 heteroatoms. The maximum Gasteiger partial charge on any atom is 0.231 e. The second kappa shape index (κ2) is 6.60. The summed E-state index contributed by atoms with van der Waals surface area (Å²) in [4.78, 5) is 16.9. The fourth-order valence-electron chi connectivity index (χ4n) is 2.47. The maximum absolute atomic E-state index is 12.3. The number of fused-ring (bicyclic) bond motifs is 1. The van der Waals surface area contributed by atoms with Crippen LogP contribution in [0, 0.1) is 0 Å². The van der Waals surface area contributed by atoms with Crippen molar-refractivity contribution in [3.8, 4) is 0 Å². The molecule has 0 aliphatic carbocycles. The number of thioether (sulfide) groups is 1. The summed E-state index contributed by atoms with van der Waals surface area (Å²) >= 11 is 1.42. The van der Waals surface area contributed by atoms with Crippen LogP contribution in [-0.4, -0.2) is 41.8 Å². The third-order valence-corrected chi connectivity index (χ3v) is 4.60. The van der Waals surface area contributed by atoms with Crippen molar-refractivity contribution in [2.24, 2.45) is 0 Å². The smallest absolute Gasteiger partial charge is 0.231 e. The van der Waals surface area contributed by atoms with Crippen molar-refractivity contribution in [3.63, 3.8) is 0 Å². The molecule has 0 bridgehead atoms. The highest BCUT2D eigenvalue weighted by Crippen LogP contribution is 2.24. The molecule has 0 saturated carbocycles. The Morgan fingerprint density at radius 2 is 2.17 bits per heavy atom. The van der Waals surface area contributed by atoms with E-state index in [0.29, 0.717) is 5.82 Å². The Morgan fingerprint density at radius 3 is 2.88 bits per heavy atom. The number of aryl methyl sites for hydroxylation is 1. The Bertz CT molecular complexity index is 841. The molecule has 2 N–H and O–H groups in total. The van der Waals surface area contributed by atoms with Crippen molar-refractivity contribution in [1.82, 2.24) is 35.5 Å². The minimum atomic E-state index is -0.685. The van der Waals surface area contributed by atoms with Gasteiger partial charge in [0.05, 0.1) is 22.3 Å². The standard InChI is InChI=1S/C15H19N7OS/c1-4-22-11-8-6-5-7-10(11)16-14(22)24-9-12(23)17-15(2,3)13-18-20-21-19-13/h5-8H,4,9H2,1-3H3,(H,17,23)(H,18,19,20,21). The van der Waals surface area contributed by atoms with Gasteiger partial charge in [0.15, 0.2) is 11.0 Å². The summed E-state index contributed by atoms with van der Waals surface area (Å²) in [7, 11) is 0. The number of carbonyl (C=O) groups excluding carboxylic acids is 1. The molecule has 0 atom stereocenters. The van der Waals surface area contributed by atoms with E-state index in [9.17, 15) is 4.79 Å². The van der Waals surface area contributed by atoms with E-state index in [4.69, 9.17) is 0 Å². The molecule has 0 aliphatic heterocycles. The lowest BCUT2D eigenvalue weighted by Crippen LogP contribution is -2.42. The number of para-hydroxylation sites is 2. The summed E-state index contributed by atoms with van der Waals surface area (Å²) in [6, 6.07) is 7.97. The SMILES string of the molecule is CCn1c(SCC(=O)NC(C)(C)c2nn[nH]n2)nc2ccccc21. The van der Waals surface area contributed by atoms with Gasteiger partial charge in [-0.2, -0.15) is 5.21 Å². The van der Waals surface area contributed by atoms with Crippen molar-refractivity contribution in [1.29, 1.82) is 0 Å². The van der Waals surface area contributed by atoms with Gasteiger partial charge in [-0.1, -0.05) is 29.1 Å². The number of nitrogens with one attached hydrogen (secondary N) is 2. The molecule has 3 rings (SSSR count). The third kappa shape index (κ3) is 3.25. The average Bonchev–Trinajstić information content (AvgIpc) is 3.20. The molecule has 1 aromatic carbocycles. The van der Waals surface area contributed by atoms with E-state index >= 15 is 0 Å². The number of aromatic nitrogens is 6. The number of hydrogen-bond donors (Lipinski definition) is 2. The average molecular weight is 345 g/mol. The van der Waals surface area contributed by atoms with E-state index < -0.39 is 5.54 Å². The molecule has 0 saturated heterocycles. The van der Waals surface area contributed by atoms with E-state index in [1.54, 1.807) is 0 Å². The normalized spacial score (nSPS) is 11.8. The van der Waals surface area contributed by atoms with Crippen molar-refractivity contribution in [2.75, 3.05) is 5.75 Å². The van der Waals surface area contributed by atoms with Gasteiger partial charge in [0.1, 0.15) is 0 Å². The molecular weight excluding hydrogens is 326 g/mol.